The molecule has 1 unspecified atom stereocenters. The first-order valence-electron chi connectivity index (χ1n) is 8.62. The van der Waals surface area contributed by atoms with Crippen LogP contribution in [-0.2, 0) is 11.3 Å². The Hall–Kier alpha value is -2.25. The summed E-state index contributed by atoms with van der Waals surface area (Å²) in [6, 6.07) is 8.64. The van der Waals surface area contributed by atoms with Crippen LogP contribution in [0.25, 0.3) is 10.9 Å². The molecule has 0 aliphatic carbocycles. The predicted octanol–water partition coefficient (Wildman–Crippen LogP) is 3.70. The highest BCUT2D eigenvalue weighted by Crippen LogP contribution is 2.21. The van der Waals surface area contributed by atoms with E-state index in [-0.39, 0.29) is 29.8 Å². The van der Waals surface area contributed by atoms with Crippen molar-refractivity contribution in [2.24, 2.45) is 0 Å². The van der Waals surface area contributed by atoms with Crippen LogP contribution in [-0.4, -0.2) is 27.3 Å². The smallest absolute Gasteiger partial charge is 0.262 e. The number of fused-ring (bicyclic) bond motifs is 1. The summed E-state index contributed by atoms with van der Waals surface area (Å²) in [7, 11) is 0. The molecule has 1 atom stereocenters. The maximum atomic E-state index is 13.0. The minimum absolute atomic E-state index is 0.0978. The molecule has 8 heteroatoms. The van der Waals surface area contributed by atoms with Gasteiger partial charge in [-0.25, -0.2) is 4.98 Å². The third-order valence-electron chi connectivity index (χ3n) is 4.13. The van der Waals surface area contributed by atoms with E-state index >= 15 is 0 Å². The van der Waals surface area contributed by atoms with E-state index in [1.54, 1.807) is 36.6 Å². The molecule has 0 radical (unpaired) electrons. The molecule has 2 aromatic heterocycles. The van der Waals surface area contributed by atoms with Crippen molar-refractivity contribution in [1.82, 2.24) is 14.9 Å². The number of carbonyl (C=O) groups excluding carboxylic acids is 1. The van der Waals surface area contributed by atoms with Crippen LogP contribution in [0.15, 0.2) is 51.0 Å². The van der Waals surface area contributed by atoms with E-state index in [4.69, 9.17) is 16.0 Å². The van der Waals surface area contributed by atoms with E-state index < -0.39 is 0 Å². The number of nitrogens with one attached hydrogen (secondary N) is 1. The summed E-state index contributed by atoms with van der Waals surface area (Å²) in [5, 5.41) is 4.34. The van der Waals surface area contributed by atoms with E-state index in [9.17, 15) is 9.59 Å². The van der Waals surface area contributed by atoms with Gasteiger partial charge in [0.25, 0.3) is 5.56 Å². The molecular weight excluding hydrogens is 386 g/mol. The fraction of sp³-hybridized carbons (Fsp3) is 0.316. The Bertz CT molecular complexity index is 1000. The normalized spacial score (nSPS) is 12.3. The van der Waals surface area contributed by atoms with E-state index in [1.807, 2.05) is 13.8 Å². The zero-order chi connectivity index (χ0) is 19.4. The third kappa shape index (κ3) is 4.73. The lowest BCUT2D eigenvalue weighted by atomic mass is 10.2. The number of thioether (sulfide) groups is 1. The van der Waals surface area contributed by atoms with Gasteiger partial charge in [-0.15, -0.1) is 0 Å². The highest BCUT2D eigenvalue weighted by Gasteiger charge is 2.15. The molecule has 0 saturated carbocycles. The molecule has 3 aromatic rings. The number of aromatic nitrogens is 2. The lowest BCUT2D eigenvalue weighted by molar-refractivity contribution is -0.119. The van der Waals surface area contributed by atoms with E-state index in [2.05, 4.69) is 10.3 Å². The third-order valence-corrected chi connectivity index (χ3v) is 5.34. The maximum absolute atomic E-state index is 13.0. The molecule has 1 amide bonds. The van der Waals surface area contributed by atoms with Crippen LogP contribution in [0, 0.1) is 0 Å². The van der Waals surface area contributed by atoms with E-state index in [0.717, 1.165) is 6.42 Å². The van der Waals surface area contributed by atoms with Gasteiger partial charge in [0.15, 0.2) is 5.16 Å². The number of benzene rings is 1. The Morgan fingerprint density at radius 3 is 2.93 bits per heavy atom. The first-order valence-corrected chi connectivity index (χ1v) is 9.99. The van der Waals surface area contributed by atoms with E-state index in [0.29, 0.717) is 26.8 Å². The topological polar surface area (TPSA) is 77.1 Å². The Labute approximate surface area is 165 Å². The van der Waals surface area contributed by atoms with Gasteiger partial charge < -0.3 is 9.73 Å². The Balaban J connectivity index is 1.95. The number of carbonyl (C=O) groups is 1. The zero-order valence-electron chi connectivity index (χ0n) is 15.1. The monoisotopic (exact) mass is 405 g/mol. The summed E-state index contributed by atoms with van der Waals surface area (Å²) in [6.45, 7) is 4.20. The first-order chi connectivity index (χ1) is 13.0. The fourth-order valence-electron chi connectivity index (χ4n) is 2.53. The molecule has 2 heterocycles. The summed E-state index contributed by atoms with van der Waals surface area (Å²) >= 11 is 7.26. The second kappa shape index (κ2) is 8.63. The number of furan rings is 1. The minimum Gasteiger partial charge on any atom is -0.467 e. The number of halogens is 1. The molecule has 0 aliphatic heterocycles. The van der Waals surface area contributed by atoms with Crippen LogP contribution in [0.1, 0.15) is 26.0 Å². The molecule has 6 nitrogen and oxygen atoms in total. The fourth-order valence-corrected chi connectivity index (χ4v) is 3.51. The van der Waals surface area contributed by atoms with Crippen LogP contribution in [0.2, 0.25) is 5.02 Å². The summed E-state index contributed by atoms with van der Waals surface area (Å²) < 4.78 is 6.90. The van der Waals surface area contributed by atoms with Crippen molar-refractivity contribution in [2.75, 3.05) is 5.75 Å². The molecule has 0 spiro atoms. The van der Waals surface area contributed by atoms with Crippen molar-refractivity contribution in [3.63, 3.8) is 0 Å². The quantitative estimate of drug-likeness (QED) is 0.479. The standard InChI is InChI=1S/C19H20ClN3O3S/c1-3-12(2)21-17(24)11-27-19-22-16-9-13(20)6-7-15(16)18(25)23(19)10-14-5-4-8-26-14/h4-9,12H,3,10-11H2,1-2H3,(H,21,24). The van der Waals surface area contributed by atoms with E-state index in [1.165, 1.54) is 16.3 Å². The number of hydrogen-bond acceptors (Lipinski definition) is 5. The summed E-state index contributed by atoms with van der Waals surface area (Å²) in [5.74, 6) is 0.707. The second-order valence-electron chi connectivity index (χ2n) is 6.19. The van der Waals surface area contributed by atoms with Gasteiger partial charge in [-0.1, -0.05) is 30.3 Å². The van der Waals surface area contributed by atoms with Gasteiger partial charge in [0, 0.05) is 11.1 Å². The molecule has 142 valence electrons. The number of rotatable bonds is 7. The van der Waals surface area contributed by atoms with Crippen molar-refractivity contribution in [1.29, 1.82) is 0 Å². The van der Waals surface area contributed by atoms with Crippen LogP contribution in [0.5, 0.6) is 0 Å². The number of hydrogen-bond donors (Lipinski definition) is 1. The van der Waals surface area contributed by atoms with Crippen molar-refractivity contribution in [2.45, 2.75) is 38.0 Å². The van der Waals surface area contributed by atoms with Crippen LogP contribution >= 0.6 is 23.4 Å². The summed E-state index contributed by atoms with van der Waals surface area (Å²) in [6.07, 6.45) is 2.41. The van der Waals surface area contributed by atoms with Crippen LogP contribution < -0.4 is 10.9 Å². The van der Waals surface area contributed by atoms with Gasteiger partial charge in [0.05, 0.1) is 29.5 Å². The minimum atomic E-state index is -0.196. The van der Waals surface area contributed by atoms with Gasteiger partial charge >= 0.3 is 0 Å². The highest BCUT2D eigenvalue weighted by molar-refractivity contribution is 7.99. The molecule has 1 N–H and O–H groups in total. The molecule has 0 fully saturated rings. The summed E-state index contributed by atoms with van der Waals surface area (Å²) in [5.41, 5.74) is 0.311. The zero-order valence-corrected chi connectivity index (χ0v) is 16.6. The molecule has 3 rings (SSSR count). The number of amides is 1. The Kier molecular flexibility index (Phi) is 6.23. The molecule has 1 aromatic carbocycles. The SMILES string of the molecule is CCC(C)NC(=O)CSc1nc2cc(Cl)ccc2c(=O)n1Cc1ccco1. The average Bonchev–Trinajstić information content (AvgIpc) is 3.15. The lowest BCUT2D eigenvalue weighted by Gasteiger charge is -2.14. The Morgan fingerprint density at radius 1 is 1.41 bits per heavy atom. The van der Waals surface area contributed by atoms with Gasteiger partial charge in [-0.05, 0) is 43.7 Å². The molecule has 27 heavy (non-hydrogen) atoms. The van der Waals surface area contributed by atoms with Gasteiger partial charge in [-0.3, -0.25) is 14.2 Å². The largest absolute Gasteiger partial charge is 0.467 e. The predicted molar refractivity (Wildman–Crippen MR) is 107 cm³/mol. The molecule has 0 bridgehead atoms. The van der Waals surface area contributed by atoms with Crippen molar-refractivity contribution >= 4 is 40.2 Å². The average molecular weight is 406 g/mol. The van der Waals surface area contributed by atoms with Crippen molar-refractivity contribution in [3.8, 4) is 0 Å². The lowest BCUT2D eigenvalue weighted by Crippen LogP contribution is -2.33. The van der Waals surface area contributed by atoms with Crippen LogP contribution in [0.4, 0.5) is 0 Å². The first kappa shape index (κ1) is 19.5. The van der Waals surface area contributed by atoms with Gasteiger partial charge in [0.1, 0.15) is 5.76 Å². The second-order valence-corrected chi connectivity index (χ2v) is 7.57. The molecular formula is C19H20ClN3O3S. The summed E-state index contributed by atoms with van der Waals surface area (Å²) in [4.78, 5) is 29.7. The number of nitrogens with zero attached hydrogens (tertiary/aromatic N) is 2. The molecule has 0 saturated heterocycles. The highest BCUT2D eigenvalue weighted by atomic mass is 35.5. The van der Waals surface area contributed by atoms with Crippen molar-refractivity contribution < 1.29 is 9.21 Å². The maximum Gasteiger partial charge on any atom is 0.262 e. The molecule has 0 aliphatic rings. The van der Waals surface area contributed by atoms with Crippen molar-refractivity contribution in [3.05, 3.63) is 57.7 Å². The Morgan fingerprint density at radius 2 is 2.22 bits per heavy atom. The van der Waals surface area contributed by atoms with Gasteiger partial charge in [-0.2, -0.15) is 0 Å². The van der Waals surface area contributed by atoms with Gasteiger partial charge in [0.2, 0.25) is 5.91 Å². The van der Waals surface area contributed by atoms with Crippen LogP contribution in [0.3, 0.4) is 0 Å².